The highest BCUT2D eigenvalue weighted by atomic mass is 16.5. The molecular weight excluding hydrogens is 560 g/mol. The van der Waals surface area contributed by atoms with E-state index < -0.39 is 5.91 Å². The van der Waals surface area contributed by atoms with Gasteiger partial charge in [0.25, 0.3) is 11.8 Å². The number of aromatic nitrogens is 2. The molecule has 0 aliphatic carbocycles. The van der Waals surface area contributed by atoms with Crippen LogP contribution in [0.3, 0.4) is 0 Å². The highest BCUT2D eigenvalue weighted by Gasteiger charge is 2.27. The summed E-state index contributed by atoms with van der Waals surface area (Å²) in [5.74, 6) is 0.992. The van der Waals surface area contributed by atoms with Crippen molar-refractivity contribution in [2.45, 2.75) is 31.7 Å². The first kappa shape index (κ1) is 30.6. The Kier molecular flexibility index (Phi) is 9.47. The first-order chi connectivity index (χ1) is 21.2. The SMILES string of the molecule is COc1ccc(C(=O)NC2CCCN(c3cnc(C(N)=O)c(Nc4ccc(N5CCC(C(=O)N(C)C)CC5)cc4)n3)C2)cc1. The molecule has 1 aromatic heterocycles. The lowest BCUT2D eigenvalue weighted by Gasteiger charge is -2.34. The second-order valence-corrected chi connectivity index (χ2v) is 11.4. The molecule has 0 radical (unpaired) electrons. The summed E-state index contributed by atoms with van der Waals surface area (Å²) in [7, 11) is 5.20. The predicted molar refractivity (Wildman–Crippen MR) is 170 cm³/mol. The molecule has 3 aromatic rings. The van der Waals surface area contributed by atoms with Crippen LogP contribution >= 0.6 is 0 Å². The Morgan fingerprint density at radius 2 is 1.66 bits per heavy atom. The quantitative estimate of drug-likeness (QED) is 0.337. The Hall–Kier alpha value is -4.87. The molecule has 1 atom stereocenters. The molecule has 2 aliphatic rings. The first-order valence-electron chi connectivity index (χ1n) is 14.9. The zero-order chi connectivity index (χ0) is 31.2. The largest absolute Gasteiger partial charge is 0.497 e. The molecule has 1 unspecified atom stereocenters. The molecular formula is C32H40N8O4. The average molecular weight is 601 g/mol. The van der Waals surface area contributed by atoms with Gasteiger partial charge in [0.1, 0.15) is 11.6 Å². The van der Waals surface area contributed by atoms with Gasteiger partial charge >= 0.3 is 0 Å². The monoisotopic (exact) mass is 600 g/mol. The summed E-state index contributed by atoms with van der Waals surface area (Å²) < 4.78 is 5.18. The number of hydrogen-bond donors (Lipinski definition) is 3. The molecule has 0 spiro atoms. The van der Waals surface area contributed by atoms with Crippen LogP contribution in [0.15, 0.2) is 54.7 Å². The molecule has 232 valence electrons. The number of benzene rings is 2. The van der Waals surface area contributed by atoms with Crippen LogP contribution in [0.2, 0.25) is 0 Å². The molecule has 44 heavy (non-hydrogen) atoms. The Morgan fingerprint density at radius 3 is 2.30 bits per heavy atom. The number of piperidine rings is 2. The average Bonchev–Trinajstić information content (AvgIpc) is 3.05. The maximum Gasteiger partial charge on any atom is 0.271 e. The number of methoxy groups -OCH3 is 1. The van der Waals surface area contributed by atoms with E-state index in [2.05, 4.69) is 25.4 Å². The summed E-state index contributed by atoms with van der Waals surface area (Å²) in [5.41, 5.74) is 8.05. The summed E-state index contributed by atoms with van der Waals surface area (Å²) in [6.45, 7) is 2.92. The third-order valence-corrected chi connectivity index (χ3v) is 8.21. The summed E-state index contributed by atoms with van der Waals surface area (Å²) in [6.07, 6.45) is 4.89. The van der Waals surface area contributed by atoms with E-state index in [9.17, 15) is 14.4 Å². The number of amides is 3. The number of anilines is 4. The van der Waals surface area contributed by atoms with Crippen molar-refractivity contribution in [3.63, 3.8) is 0 Å². The number of primary amides is 1. The highest BCUT2D eigenvalue weighted by molar-refractivity contribution is 5.96. The highest BCUT2D eigenvalue weighted by Crippen LogP contribution is 2.28. The maximum atomic E-state index is 12.8. The fraction of sp³-hybridized carbons (Fsp3) is 0.406. The molecule has 2 fully saturated rings. The third kappa shape index (κ3) is 7.19. The smallest absolute Gasteiger partial charge is 0.271 e. The van der Waals surface area contributed by atoms with Crippen molar-refractivity contribution in [3.8, 4) is 5.75 Å². The van der Waals surface area contributed by atoms with Gasteiger partial charge in [0.2, 0.25) is 5.91 Å². The van der Waals surface area contributed by atoms with E-state index in [1.165, 1.54) is 0 Å². The van der Waals surface area contributed by atoms with Crippen LogP contribution < -0.4 is 30.9 Å². The van der Waals surface area contributed by atoms with Gasteiger partial charge < -0.3 is 35.8 Å². The van der Waals surface area contributed by atoms with Crippen LogP contribution in [-0.4, -0.2) is 86.0 Å². The molecule has 0 bridgehead atoms. The van der Waals surface area contributed by atoms with Crippen LogP contribution in [0.4, 0.5) is 23.0 Å². The lowest BCUT2D eigenvalue weighted by Crippen LogP contribution is -2.48. The summed E-state index contributed by atoms with van der Waals surface area (Å²) in [4.78, 5) is 52.4. The fourth-order valence-electron chi connectivity index (χ4n) is 5.76. The van der Waals surface area contributed by atoms with E-state index in [0.29, 0.717) is 23.7 Å². The molecule has 12 heteroatoms. The van der Waals surface area contributed by atoms with Gasteiger partial charge in [-0.1, -0.05) is 0 Å². The van der Waals surface area contributed by atoms with Crippen molar-refractivity contribution >= 4 is 40.7 Å². The van der Waals surface area contributed by atoms with Gasteiger partial charge in [0.05, 0.1) is 13.3 Å². The number of nitrogens with one attached hydrogen (secondary N) is 2. The van der Waals surface area contributed by atoms with Crippen LogP contribution in [0.25, 0.3) is 0 Å². The van der Waals surface area contributed by atoms with Gasteiger partial charge in [0, 0.05) is 69.2 Å². The van der Waals surface area contributed by atoms with Gasteiger partial charge in [-0.25, -0.2) is 9.97 Å². The first-order valence-corrected chi connectivity index (χ1v) is 14.9. The molecule has 2 saturated heterocycles. The second-order valence-electron chi connectivity index (χ2n) is 11.4. The number of carbonyl (C=O) groups excluding carboxylic acids is 3. The predicted octanol–water partition coefficient (Wildman–Crippen LogP) is 3.03. The van der Waals surface area contributed by atoms with Crippen molar-refractivity contribution in [1.29, 1.82) is 0 Å². The van der Waals surface area contributed by atoms with E-state index in [1.807, 2.05) is 24.3 Å². The molecule has 5 rings (SSSR count). The molecule has 3 heterocycles. The summed E-state index contributed by atoms with van der Waals surface area (Å²) >= 11 is 0. The number of rotatable bonds is 9. The van der Waals surface area contributed by atoms with Gasteiger partial charge in [-0.15, -0.1) is 0 Å². The molecule has 3 amide bonds. The number of hydrogen-bond acceptors (Lipinski definition) is 9. The molecule has 2 aliphatic heterocycles. The van der Waals surface area contributed by atoms with Crippen LogP contribution in [0, 0.1) is 5.92 Å². The van der Waals surface area contributed by atoms with Crippen LogP contribution in [-0.2, 0) is 4.79 Å². The minimum Gasteiger partial charge on any atom is -0.497 e. The number of ether oxygens (including phenoxy) is 1. The van der Waals surface area contributed by atoms with E-state index in [-0.39, 0.29) is 35.3 Å². The number of nitrogens with zero attached hydrogens (tertiary/aromatic N) is 5. The van der Waals surface area contributed by atoms with Gasteiger partial charge in [0.15, 0.2) is 11.5 Å². The van der Waals surface area contributed by atoms with Crippen molar-refractivity contribution in [1.82, 2.24) is 20.2 Å². The lowest BCUT2D eigenvalue weighted by atomic mass is 9.95. The van der Waals surface area contributed by atoms with Crippen LogP contribution in [0.5, 0.6) is 5.75 Å². The van der Waals surface area contributed by atoms with E-state index in [0.717, 1.165) is 56.7 Å². The standard InChI is InChI=1S/C32H40N8O4/c1-38(2)32(43)22-14-17-39(18-15-22)25-10-8-23(9-11-25)35-30-28(29(33)41)34-19-27(37-30)40-16-4-5-24(20-40)36-31(42)21-6-12-26(44-3)13-7-21/h6-13,19,22,24H,4-5,14-18,20H2,1-3H3,(H2,33,41)(H,35,37)(H,36,42). The number of nitrogens with two attached hydrogens (primary N) is 1. The minimum absolute atomic E-state index is 0.0480. The Labute approximate surface area is 257 Å². The Bertz CT molecular complexity index is 1470. The molecule has 4 N–H and O–H groups in total. The maximum absolute atomic E-state index is 12.8. The van der Waals surface area contributed by atoms with Crippen molar-refractivity contribution < 1.29 is 19.1 Å². The van der Waals surface area contributed by atoms with Crippen molar-refractivity contribution in [3.05, 3.63) is 66.0 Å². The summed E-state index contributed by atoms with van der Waals surface area (Å²) in [5, 5.41) is 6.34. The summed E-state index contributed by atoms with van der Waals surface area (Å²) in [6, 6.07) is 14.8. The zero-order valence-corrected chi connectivity index (χ0v) is 25.5. The van der Waals surface area contributed by atoms with Gasteiger partial charge in [-0.2, -0.15) is 0 Å². The third-order valence-electron chi connectivity index (χ3n) is 8.21. The van der Waals surface area contributed by atoms with Crippen molar-refractivity contribution in [2.75, 3.05) is 62.5 Å². The molecule has 12 nitrogen and oxygen atoms in total. The zero-order valence-electron chi connectivity index (χ0n) is 25.5. The van der Waals surface area contributed by atoms with Gasteiger partial charge in [-0.05, 0) is 74.2 Å². The van der Waals surface area contributed by atoms with E-state index in [1.54, 1.807) is 56.6 Å². The Balaban J connectivity index is 1.24. The number of carbonyl (C=O) groups is 3. The molecule has 2 aromatic carbocycles. The Morgan fingerprint density at radius 1 is 0.955 bits per heavy atom. The normalized spacial score (nSPS) is 17.1. The second kappa shape index (κ2) is 13.6. The fourth-order valence-corrected chi connectivity index (χ4v) is 5.76. The molecule has 0 saturated carbocycles. The minimum atomic E-state index is -0.679. The topological polar surface area (TPSA) is 146 Å². The van der Waals surface area contributed by atoms with E-state index >= 15 is 0 Å². The van der Waals surface area contributed by atoms with Gasteiger partial charge in [-0.3, -0.25) is 14.4 Å². The van der Waals surface area contributed by atoms with Crippen LogP contribution in [0.1, 0.15) is 46.5 Å². The van der Waals surface area contributed by atoms with Crippen molar-refractivity contribution in [2.24, 2.45) is 11.7 Å². The lowest BCUT2D eigenvalue weighted by molar-refractivity contribution is -0.133. The van der Waals surface area contributed by atoms with E-state index in [4.69, 9.17) is 15.5 Å².